The molecule has 21 heavy (non-hydrogen) atoms. The third kappa shape index (κ3) is 2.26. The number of rotatable bonds is 2. The molecule has 0 aliphatic carbocycles. The van der Waals surface area contributed by atoms with Crippen LogP contribution >= 0.6 is 15.9 Å². The predicted octanol–water partition coefficient (Wildman–Crippen LogP) is 2.15. The number of hydrogen-bond acceptors (Lipinski definition) is 4. The minimum Gasteiger partial charge on any atom is -0.364 e. The molecule has 2 heterocycles. The van der Waals surface area contributed by atoms with Crippen molar-refractivity contribution >= 4 is 32.7 Å². The number of carbonyl (C=O) groups is 1. The van der Waals surface area contributed by atoms with E-state index in [-0.39, 0.29) is 11.4 Å². The molecule has 1 amide bonds. The summed E-state index contributed by atoms with van der Waals surface area (Å²) in [6, 6.07) is 10.7. The topological polar surface area (TPSA) is 97.6 Å². The Bertz CT molecular complexity index is 909. The van der Waals surface area contributed by atoms with Gasteiger partial charge in [-0.1, -0.05) is 15.9 Å². The number of nitrogens with two attached hydrogens (primary N) is 1. The Hall–Kier alpha value is -2.72. The molecule has 2 N–H and O–H groups in total. The third-order valence-corrected chi connectivity index (χ3v) is 3.47. The summed E-state index contributed by atoms with van der Waals surface area (Å²) in [4.78, 5) is 15.5. The molecule has 0 saturated carbocycles. The van der Waals surface area contributed by atoms with E-state index in [1.807, 2.05) is 18.2 Å². The maximum Gasteiger partial charge on any atom is 0.269 e. The van der Waals surface area contributed by atoms with Gasteiger partial charge in [0.05, 0.1) is 11.2 Å². The van der Waals surface area contributed by atoms with Gasteiger partial charge in [0, 0.05) is 22.1 Å². The Morgan fingerprint density at radius 2 is 2.14 bits per heavy atom. The number of halogens is 1. The van der Waals surface area contributed by atoms with Crippen LogP contribution < -0.4 is 5.73 Å². The lowest BCUT2D eigenvalue weighted by Gasteiger charge is -2.03. The van der Waals surface area contributed by atoms with Crippen molar-refractivity contribution in [3.05, 3.63) is 52.4 Å². The number of primary amides is 1. The van der Waals surface area contributed by atoms with Crippen LogP contribution in [0.3, 0.4) is 0 Å². The van der Waals surface area contributed by atoms with Crippen LogP contribution in [-0.2, 0) is 0 Å². The second kappa shape index (κ2) is 5.00. The number of carbonyl (C=O) groups excluding carboxylic acids is 1. The number of amides is 1. The van der Waals surface area contributed by atoms with Gasteiger partial charge in [-0.3, -0.25) is 4.79 Å². The van der Waals surface area contributed by atoms with Crippen molar-refractivity contribution in [2.75, 3.05) is 0 Å². The number of nitrogens with zero attached hydrogens (tertiary/aromatic N) is 4. The second-order valence-electron chi connectivity index (χ2n) is 4.30. The Morgan fingerprint density at radius 1 is 1.33 bits per heavy atom. The van der Waals surface area contributed by atoms with Crippen molar-refractivity contribution in [3.63, 3.8) is 0 Å². The first-order valence-electron chi connectivity index (χ1n) is 5.95. The number of pyridine rings is 1. The van der Waals surface area contributed by atoms with Gasteiger partial charge in [-0.25, -0.2) is 9.67 Å². The molecule has 0 aliphatic heterocycles. The summed E-state index contributed by atoms with van der Waals surface area (Å²) in [7, 11) is 0. The Labute approximate surface area is 127 Å². The maximum atomic E-state index is 11.6. The molecule has 0 spiro atoms. The largest absolute Gasteiger partial charge is 0.364 e. The van der Waals surface area contributed by atoms with E-state index >= 15 is 0 Å². The molecular formula is C14H8BrN5O. The summed E-state index contributed by atoms with van der Waals surface area (Å²) in [6.07, 6.45) is 1.52. The Balaban J connectivity index is 2.33. The lowest BCUT2D eigenvalue weighted by molar-refractivity contribution is 0.0996. The summed E-state index contributed by atoms with van der Waals surface area (Å²) in [6.45, 7) is 0. The van der Waals surface area contributed by atoms with Crippen molar-refractivity contribution < 1.29 is 4.79 Å². The standard InChI is InChI=1S/C14H8BrN5O/c15-8-1-2-12-11(5-8)13(14(17)21)19-20(12)10-3-4-18-9(6-10)7-16/h1-6H,(H2,17,21). The summed E-state index contributed by atoms with van der Waals surface area (Å²) in [5, 5.41) is 13.8. The molecule has 0 aliphatic rings. The van der Waals surface area contributed by atoms with Gasteiger partial charge in [-0.05, 0) is 24.3 Å². The first-order chi connectivity index (χ1) is 10.1. The zero-order chi connectivity index (χ0) is 15.0. The van der Waals surface area contributed by atoms with Crippen molar-refractivity contribution in [1.82, 2.24) is 14.8 Å². The average Bonchev–Trinajstić information content (AvgIpc) is 2.86. The van der Waals surface area contributed by atoms with Crippen LogP contribution in [0.1, 0.15) is 16.2 Å². The summed E-state index contributed by atoms with van der Waals surface area (Å²) in [5.74, 6) is -0.605. The van der Waals surface area contributed by atoms with Crippen LogP contribution in [0, 0.1) is 11.3 Å². The highest BCUT2D eigenvalue weighted by Gasteiger charge is 2.16. The monoisotopic (exact) mass is 341 g/mol. The Kier molecular flexibility index (Phi) is 3.16. The normalized spacial score (nSPS) is 10.5. The van der Waals surface area contributed by atoms with Crippen molar-refractivity contribution in [2.45, 2.75) is 0 Å². The van der Waals surface area contributed by atoms with Gasteiger partial charge in [0.25, 0.3) is 5.91 Å². The summed E-state index contributed by atoms with van der Waals surface area (Å²) in [5.41, 5.74) is 7.20. The molecular weight excluding hydrogens is 334 g/mol. The maximum absolute atomic E-state index is 11.6. The van der Waals surface area contributed by atoms with E-state index in [0.717, 1.165) is 9.99 Å². The molecule has 3 aromatic rings. The summed E-state index contributed by atoms with van der Waals surface area (Å²) < 4.78 is 2.40. The quantitative estimate of drug-likeness (QED) is 0.772. The fourth-order valence-corrected chi connectivity index (χ4v) is 2.44. The van der Waals surface area contributed by atoms with Gasteiger partial charge in [0.1, 0.15) is 11.8 Å². The van der Waals surface area contributed by atoms with Crippen LogP contribution in [0.2, 0.25) is 0 Å². The van der Waals surface area contributed by atoms with E-state index in [0.29, 0.717) is 11.1 Å². The zero-order valence-corrected chi connectivity index (χ0v) is 12.2. The molecule has 3 rings (SSSR count). The van der Waals surface area contributed by atoms with Gasteiger partial charge in [0.15, 0.2) is 5.69 Å². The molecule has 0 fully saturated rings. The first-order valence-corrected chi connectivity index (χ1v) is 6.74. The fraction of sp³-hybridized carbons (Fsp3) is 0. The van der Waals surface area contributed by atoms with Crippen LogP contribution in [0.4, 0.5) is 0 Å². The van der Waals surface area contributed by atoms with Gasteiger partial charge < -0.3 is 5.73 Å². The second-order valence-corrected chi connectivity index (χ2v) is 5.21. The predicted molar refractivity (Wildman–Crippen MR) is 79.8 cm³/mol. The Morgan fingerprint density at radius 3 is 2.86 bits per heavy atom. The molecule has 0 saturated heterocycles. The first kappa shape index (κ1) is 13.3. The van der Waals surface area contributed by atoms with Gasteiger partial charge in [-0.2, -0.15) is 10.4 Å². The molecule has 7 heteroatoms. The third-order valence-electron chi connectivity index (χ3n) is 2.98. The van der Waals surface area contributed by atoms with Gasteiger partial charge in [0.2, 0.25) is 0 Å². The van der Waals surface area contributed by atoms with Crippen LogP contribution in [0.25, 0.3) is 16.6 Å². The fourth-order valence-electron chi connectivity index (χ4n) is 2.08. The van der Waals surface area contributed by atoms with E-state index in [9.17, 15) is 4.79 Å². The number of benzene rings is 1. The van der Waals surface area contributed by atoms with E-state index in [1.165, 1.54) is 6.20 Å². The zero-order valence-electron chi connectivity index (χ0n) is 10.6. The highest BCUT2D eigenvalue weighted by Crippen LogP contribution is 2.25. The van der Waals surface area contributed by atoms with Gasteiger partial charge in [-0.15, -0.1) is 0 Å². The molecule has 1 aromatic carbocycles. The van der Waals surface area contributed by atoms with Crippen LogP contribution in [0.15, 0.2) is 41.0 Å². The minimum absolute atomic E-state index is 0.182. The van der Waals surface area contributed by atoms with Crippen LogP contribution in [-0.4, -0.2) is 20.7 Å². The molecule has 102 valence electrons. The smallest absolute Gasteiger partial charge is 0.269 e. The molecule has 0 unspecified atom stereocenters. The molecule has 6 nitrogen and oxygen atoms in total. The SMILES string of the molecule is N#Cc1cc(-n2nc(C(N)=O)c3cc(Br)ccc32)ccn1. The van der Waals surface area contributed by atoms with Crippen molar-refractivity contribution in [3.8, 4) is 11.8 Å². The lowest BCUT2D eigenvalue weighted by atomic mass is 10.2. The summed E-state index contributed by atoms with van der Waals surface area (Å²) >= 11 is 3.36. The molecule has 0 bridgehead atoms. The lowest BCUT2D eigenvalue weighted by Crippen LogP contribution is -2.12. The van der Waals surface area contributed by atoms with E-state index < -0.39 is 5.91 Å². The molecule has 2 aromatic heterocycles. The number of hydrogen-bond donors (Lipinski definition) is 1. The van der Waals surface area contributed by atoms with Gasteiger partial charge >= 0.3 is 0 Å². The van der Waals surface area contributed by atoms with Crippen LogP contribution in [0.5, 0.6) is 0 Å². The number of nitriles is 1. The molecule has 0 atom stereocenters. The number of aromatic nitrogens is 3. The van der Waals surface area contributed by atoms with Crippen molar-refractivity contribution in [1.29, 1.82) is 5.26 Å². The van der Waals surface area contributed by atoms with E-state index in [4.69, 9.17) is 11.0 Å². The van der Waals surface area contributed by atoms with E-state index in [1.54, 1.807) is 22.9 Å². The number of fused-ring (bicyclic) bond motifs is 1. The highest BCUT2D eigenvalue weighted by molar-refractivity contribution is 9.10. The highest BCUT2D eigenvalue weighted by atomic mass is 79.9. The van der Waals surface area contributed by atoms with Crippen molar-refractivity contribution in [2.24, 2.45) is 5.73 Å². The molecule has 0 radical (unpaired) electrons. The average molecular weight is 342 g/mol. The van der Waals surface area contributed by atoms with E-state index in [2.05, 4.69) is 26.0 Å². The minimum atomic E-state index is -0.605.